The second-order valence-electron chi connectivity index (χ2n) is 10.6. The van der Waals surface area contributed by atoms with Gasteiger partial charge in [-0.1, -0.05) is 36.4 Å². The van der Waals surface area contributed by atoms with Gasteiger partial charge in [0.05, 0.1) is 12.6 Å². The van der Waals surface area contributed by atoms with E-state index >= 15 is 0 Å². The Balaban J connectivity index is 1.52. The summed E-state index contributed by atoms with van der Waals surface area (Å²) in [6.07, 6.45) is 1.59. The van der Waals surface area contributed by atoms with Gasteiger partial charge in [0.1, 0.15) is 29.7 Å². The molecule has 5 rings (SSSR count). The van der Waals surface area contributed by atoms with Gasteiger partial charge < -0.3 is 19.5 Å². The van der Waals surface area contributed by atoms with Crippen LogP contribution in [0.1, 0.15) is 37.5 Å². The van der Waals surface area contributed by atoms with Crippen molar-refractivity contribution in [3.05, 3.63) is 107 Å². The summed E-state index contributed by atoms with van der Waals surface area (Å²) >= 11 is 0. The van der Waals surface area contributed by atoms with E-state index in [1.54, 1.807) is 37.4 Å². The van der Waals surface area contributed by atoms with E-state index in [2.05, 4.69) is 43.5 Å². The van der Waals surface area contributed by atoms with Crippen molar-refractivity contribution in [1.82, 2.24) is 0 Å². The zero-order valence-corrected chi connectivity index (χ0v) is 23.8. The highest BCUT2D eigenvalue weighted by Crippen LogP contribution is 2.43. The number of para-hydroxylation sites is 1. The molecule has 0 saturated heterocycles. The normalized spacial score (nSPS) is 13.4. The molecule has 1 aliphatic heterocycles. The second kappa shape index (κ2) is 11.4. The van der Waals surface area contributed by atoms with E-state index in [4.69, 9.17) is 14.2 Å². The molecular formula is C34H33FN2O4. The Labute approximate surface area is 239 Å². The SMILES string of the molecule is COc1cc(OC(=O)Nc2ccccc2)ccc1-c1ccc2c(c1COc1cc(F)ccc1C)C(C)=CC(C)(C)N2. The van der Waals surface area contributed by atoms with Gasteiger partial charge in [0.2, 0.25) is 0 Å². The Morgan fingerprint density at radius 3 is 2.44 bits per heavy atom. The van der Waals surface area contributed by atoms with E-state index in [1.807, 2.05) is 37.3 Å². The van der Waals surface area contributed by atoms with E-state index in [-0.39, 0.29) is 18.0 Å². The number of carbonyl (C=O) groups is 1. The van der Waals surface area contributed by atoms with Gasteiger partial charge in [0, 0.05) is 40.2 Å². The molecule has 0 aliphatic carbocycles. The zero-order valence-electron chi connectivity index (χ0n) is 23.8. The molecule has 0 unspecified atom stereocenters. The van der Waals surface area contributed by atoms with Crippen molar-refractivity contribution in [3.63, 3.8) is 0 Å². The lowest BCUT2D eigenvalue weighted by atomic mass is 9.85. The number of anilines is 2. The number of aryl methyl sites for hydroxylation is 1. The summed E-state index contributed by atoms with van der Waals surface area (Å²) in [7, 11) is 1.58. The lowest BCUT2D eigenvalue weighted by molar-refractivity contribution is 0.215. The second-order valence-corrected chi connectivity index (χ2v) is 10.6. The van der Waals surface area contributed by atoms with Crippen LogP contribution in [0.25, 0.3) is 16.7 Å². The highest BCUT2D eigenvalue weighted by molar-refractivity contribution is 5.89. The summed E-state index contributed by atoms with van der Waals surface area (Å²) in [6.45, 7) is 8.42. The number of fused-ring (bicyclic) bond motifs is 1. The highest BCUT2D eigenvalue weighted by atomic mass is 19.1. The molecular weight excluding hydrogens is 519 g/mol. The molecule has 7 heteroatoms. The van der Waals surface area contributed by atoms with E-state index in [9.17, 15) is 9.18 Å². The number of carbonyl (C=O) groups excluding carboxylic acids is 1. The standard InChI is InChI=1S/C34H33FN2O4/c1-21-11-12-23(35)17-30(21)40-20-28-26(15-16-29-32(28)22(2)19-34(3,4)37-29)27-14-13-25(18-31(27)39-5)41-33(38)36-24-9-7-6-8-10-24/h6-19,37H,20H2,1-5H3,(H,36,38). The summed E-state index contributed by atoms with van der Waals surface area (Å²) in [5.41, 5.74) is 7.01. The van der Waals surface area contributed by atoms with Gasteiger partial charge in [-0.25, -0.2) is 9.18 Å². The van der Waals surface area contributed by atoms with Crippen molar-refractivity contribution in [2.75, 3.05) is 17.7 Å². The Bertz CT molecular complexity index is 1630. The minimum Gasteiger partial charge on any atom is -0.496 e. The number of amides is 1. The Hall–Kier alpha value is -4.78. The predicted molar refractivity (Wildman–Crippen MR) is 161 cm³/mol. The van der Waals surface area contributed by atoms with Crippen LogP contribution in [0.3, 0.4) is 0 Å². The van der Waals surface area contributed by atoms with Crippen molar-refractivity contribution < 1.29 is 23.4 Å². The third-order valence-corrected chi connectivity index (χ3v) is 6.96. The van der Waals surface area contributed by atoms with Gasteiger partial charge in [-0.3, -0.25) is 5.32 Å². The molecule has 0 saturated carbocycles. The maximum atomic E-state index is 14.0. The number of ether oxygens (including phenoxy) is 3. The number of nitrogens with one attached hydrogen (secondary N) is 2. The van der Waals surface area contributed by atoms with Crippen LogP contribution in [-0.2, 0) is 6.61 Å². The smallest absolute Gasteiger partial charge is 0.417 e. The quantitative estimate of drug-likeness (QED) is 0.240. The summed E-state index contributed by atoms with van der Waals surface area (Å²) in [5, 5.41) is 6.31. The molecule has 41 heavy (non-hydrogen) atoms. The maximum Gasteiger partial charge on any atom is 0.417 e. The first-order chi connectivity index (χ1) is 19.6. The number of halogens is 1. The number of rotatable bonds is 7. The lowest BCUT2D eigenvalue weighted by Crippen LogP contribution is -2.32. The fourth-order valence-corrected chi connectivity index (χ4v) is 5.21. The van der Waals surface area contributed by atoms with Crippen molar-refractivity contribution in [2.24, 2.45) is 0 Å². The number of hydrogen-bond acceptors (Lipinski definition) is 5. The molecule has 2 N–H and O–H groups in total. The molecule has 0 bridgehead atoms. The fraction of sp³-hybridized carbons (Fsp3) is 0.206. The average molecular weight is 553 g/mol. The highest BCUT2D eigenvalue weighted by Gasteiger charge is 2.27. The molecule has 210 valence electrons. The number of hydrogen-bond donors (Lipinski definition) is 2. The lowest BCUT2D eigenvalue weighted by Gasteiger charge is -2.33. The van der Waals surface area contributed by atoms with Gasteiger partial charge in [-0.2, -0.15) is 0 Å². The number of allylic oxidation sites excluding steroid dienone is 1. The molecule has 6 nitrogen and oxygen atoms in total. The Morgan fingerprint density at radius 2 is 1.68 bits per heavy atom. The molecule has 0 fully saturated rings. The van der Waals surface area contributed by atoms with Crippen LogP contribution < -0.4 is 24.8 Å². The first-order valence-corrected chi connectivity index (χ1v) is 13.4. The maximum absolute atomic E-state index is 14.0. The average Bonchev–Trinajstić information content (AvgIpc) is 2.93. The predicted octanol–water partition coefficient (Wildman–Crippen LogP) is 8.61. The van der Waals surface area contributed by atoms with E-state index in [1.165, 1.54) is 12.1 Å². The molecule has 0 spiro atoms. The van der Waals surface area contributed by atoms with Crippen LogP contribution in [0.5, 0.6) is 17.2 Å². The van der Waals surface area contributed by atoms with Gasteiger partial charge >= 0.3 is 6.09 Å². The van der Waals surface area contributed by atoms with Crippen LogP contribution in [-0.4, -0.2) is 18.7 Å². The fourth-order valence-electron chi connectivity index (χ4n) is 5.21. The van der Waals surface area contributed by atoms with Crippen LogP contribution in [0.2, 0.25) is 0 Å². The van der Waals surface area contributed by atoms with E-state index < -0.39 is 6.09 Å². The minimum absolute atomic E-state index is 0.205. The molecule has 0 atom stereocenters. The topological polar surface area (TPSA) is 68.8 Å². The van der Waals surface area contributed by atoms with Crippen molar-refractivity contribution >= 4 is 23.0 Å². The summed E-state index contributed by atoms with van der Waals surface area (Å²) < 4.78 is 31.6. The first-order valence-electron chi connectivity index (χ1n) is 13.4. The van der Waals surface area contributed by atoms with E-state index in [0.717, 1.165) is 39.1 Å². The Kier molecular flexibility index (Phi) is 7.70. The first kappa shape index (κ1) is 27.8. The molecule has 1 aliphatic rings. The van der Waals surface area contributed by atoms with Crippen LogP contribution in [0.4, 0.5) is 20.6 Å². The number of methoxy groups -OCH3 is 1. The summed E-state index contributed by atoms with van der Waals surface area (Å²) in [4.78, 5) is 12.5. The van der Waals surface area contributed by atoms with Gasteiger partial charge in [0.25, 0.3) is 0 Å². The summed E-state index contributed by atoms with van der Waals surface area (Å²) in [6, 6.07) is 23.0. The monoisotopic (exact) mass is 552 g/mol. The van der Waals surface area contributed by atoms with E-state index in [0.29, 0.717) is 22.9 Å². The molecule has 4 aromatic rings. The number of benzene rings is 4. The van der Waals surface area contributed by atoms with Crippen LogP contribution >= 0.6 is 0 Å². The zero-order chi connectivity index (χ0) is 29.1. The third-order valence-electron chi connectivity index (χ3n) is 6.96. The van der Waals surface area contributed by atoms with Crippen molar-refractivity contribution in [3.8, 4) is 28.4 Å². The molecule has 1 amide bonds. The Morgan fingerprint density at radius 1 is 0.927 bits per heavy atom. The van der Waals surface area contributed by atoms with Gasteiger partial charge in [-0.15, -0.1) is 0 Å². The van der Waals surface area contributed by atoms with Crippen LogP contribution in [0, 0.1) is 12.7 Å². The third kappa shape index (κ3) is 6.19. The van der Waals surface area contributed by atoms with Gasteiger partial charge in [0.15, 0.2) is 0 Å². The molecule has 0 radical (unpaired) electrons. The van der Waals surface area contributed by atoms with Crippen LogP contribution in [0.15, 0.2) is 84.9 Å². The summed E-state index contributed by atoms with van der Waals surface area (Å²) in [5.74, 6) is 1.00. The minimum atomic E-state index is -0.603. The molecule has 1 heterocycles. The van der Waals surface area contributed by atoms with Crippen molar-refractivity contribution in [2.45, 2.75) is 39.8 Å². The molecule has 0 aromatic heterocycles. The largest absolute Gasteiger partial charge is 0.496 e. The molecule has 4 aromatic carbocycles. The van der Waals surface area contributed by atoms with Crippen molar-refractivity contribution in [1.29, 1.82) is 0 Å². The van der Waals surface area contributed by atoms with Gasteiger partial charge in [-0.05, 0) is 80.8 Å².